The zero-order valence-electron chi connectivity index (χ0n) is 18.6. The van der Waals surface area contributed by atoms with E-state index in [2.05, 4.69) is 18.4 Å². The SMILES string of the molecule is CCn1nc(-c2ncc(C)n2CC2CC2)c2c1CCN(C(=O)COc1ccc(F)cc1)C2. The van der Waals surface area contributed by atoms with Gasteiger partial charge in [-0.3, -0.25) is 9.48 Å². The molecule has 1 aromatic carbocycles. The predicted molar refractivity (Wildman–Crippen MR) is 118 cm³/mol. The van der Waals surface area contributed by atoms with Crippen LogP contribution in [0, 0.1) is 18.7 Å². The Hall–Kier alpha value is -3.16. The van der Waals surface area contributed by atoms with Crippen molar-refractivity contribution >= 4 is 5.91 Å². The maximum absolute atomic E-state index is 13.1. The lowest BCUT2D eigenvalue weighted by Crippen LogP contribution is -2.39. The molecular weight excluding hydrogens is 409 g/mol. The highest BCUT2D eigenvalue weighted by atomic mass is 19.1. The minimum atomic E-state index is -0.331. The number of halogens is 1. The van der Waals surface area contributed by atoms with Gasteiger partial charge in [0.2, 0.25) is 0 Å². The number of ether oxygens (including phenoxy) is 1. The summed E-state index contributed by atoms with van der Waals surface area (Å²) in [5, 5.41) is 4.91. The number of benzene rings is 1. The summed E-state index contributed by atoms with van der Waals surface area (Å²) in [5.74, 6) is 1.69. The number of hydrogen-bond donors (Lipinski definition) is 0. The summed E-state index contributed by atoms with van der Waals surface area (Å²) in [5.41, 5.74) is 4.29. The molecule has 5 rings (SSSR count). The van der Waals surface area contributed by atoms with E-state index in [1.807, 2.05) is 15.8 Å². The van der Waals surface area contributed by atoms with Crippen LogP contribution in [0.4, 0.5) is 4.39 Å². The van der Waals surface area contributed by atoms with Crippen molar-refractivity contribution in [1.29, 1.82) is 0 Å². The van der Waals surface area contributed by atoms with E-state index in [0.29, 0.717) is 18.8 Å². The fraction of sp³-hybridized carbons (Fsp3) is 0.458. The molecule has 1 amide bonds. The van der Waals surface area contributed by atoms with Crippen LogP contribution in [0.2, 0.25) is 0 Å². The van der Waals surface area contributed by atoms with Gasteiger partial charge in [-0.05, 0) is 56.9 Å². The van der Waals surface area contributed by atoms with Gasteiger partial charge in [0.25, 0.3) is 5.91 Å². The third-order valence-corrected chi connectivity index (χ3v) is 6.37. The molecule has 168 valence electrons. The van der Waals surface area contributed by atoms with Gasteiger partial charge in [-0.2, -0.15) is 5.10 Å². The quantitative estimate of drug-likeness (QED) is 0.567. The maximum Gasteiger partial charge on any atom is 0.260 e. The molecule has 1 aliphatic heterocycles. The van der Waals surface area contributed by atoms with E-state index >= 15 is 0 Å². The molecule has 0 radical (unpaired) electrons. The van der Waals surface area contributed by atoms with Gasteiger partial charge in [-0.15, -0.1) is 0 Å². The number of amides is 1. The van der Waals surface area contributed by atoms with Crippen LogP contribution in [0.5, 0.6) is 5.75 Å². The van der Waals surface area contributed by atoms with Gasteiger partial charge in [0.15, 0.2) is 12.4 Å². The van der Waals surface area contributed by atoms with E-state index in [-0.39, 0.29) is 18.3 Å². The zero-order valence-corrected chi connectivity index (χ0v) is 18.6. The molecule has 3 heterocycles. The summed E-state index contributed by atoms with van der Waals surface area (Å²) in [6, 6.07) is 5.71. The largest absolute Gasteiger partial charge is 0.484 e. The summed E-state index contributed by atoms with van der Waals surface area (Å²) in [6.45, 7) is 6.98. The first-order valence-corrected chi connectivity index (χ1v) is 11.3. The fourth-order valence-corrected chi connectivity index (χ4v) is 4.35. The van der Waals surface area contributed by atoms with Gasteiger partial charge in [0.1, 0.15) is 17.3 Å². The fourth-order valence-electron chi connectivity index (χ4n) is 4.35. The summed E-state index contributed by atoms with van der Waals surface area (Å²) in [7, 11) is 0. The lowest BCUT2D eigenvalue weighted by atomic mass is 10.0. The highest BCUT2D eigenvalue weighted by Gasteiger charge is 2.31. The second-order valence-corrected chi connectivity index (χ2v) is 8.67. The Morgan fingerprint density at radius 2 is 2.03 bits per heavy atom. The Morgan fingerprint density at radius 3 is 2.75 bits per heavy atom. The van der Waals surface area contributed by atoms with Crippen LogP contribution in [-0.2, 0) is 30.8 Å². The van der Waals surface area contributed by atoms with E-state index in [0.717, 1.165) is 48.2 Å². The third kappa shape index (κ3) is 4.01. The van der Waals surface area contributed by atoms with E-state index in [1.54, 1.807) is 0 Å². The molecule has 0 N–H and O–H groups in total. The molecule has 1 saturated carbocycles. The smallest absolute Gasteiger partial charge is 0.260 e. The van der Waals surface area contributed by atoms with Crippen LogP contribution >= 0.6 is 0 Å². The van der Waals surface area contributed by atoms with Crippen molar-refractivity contribution in [2.45, 2.75) is 52.7 Å². The molecular formula is C24H28FN5O2. The van der Waals surface area contributed by atoms with Gasteiger partial charge in [0, 0.05) is 55.7 Å². The summed E-state index contributed by atoms with van der Waals surface area (Å²) < 4.78 is 23.0. The van der Waals surface area contributed by atoms with Crippen molar-refractivity contribution in [2.75, 3.05) is 13.2 Å². The van der Waals surface area contributed by atoms with Gasteiger partial charge < -0.3 is 14.2 Å². The first kappa shape index (κ1) is 20.7. The Labute approximate surface area is 186 Å². The Morgan fingerprint density at radius 1 is 1.25 bits per heavy atom. The first-order chi connectivity index (χ1) is 15.5. The highest BCUT2D eigenvalue weighted by molar-refractivity contribution is 5.78. The van der Waals surface area contributed by atoms with Crippen LogP contribution < -0.4 is 4.74 Å². The molecule has 1 aliphatic carbocycles. The predicted octanol–water partition coefficient (Wildman–Crippen LogP) is 3.59. The standard InChI is InChI=1S/C24H28FN5O2/c1-3-30-21-10-11-28(22(31)15-32-19-8-6-18(25)7-9-19)14-20(21)23(27-30)24-26-12-16(2)29(24)13-17-4-5-17/h6-9,12,17H,3-5,10-11,13-15H2,1-2H3. The number of hydrogen-bond acceptors (Lipinski definition) is 4. The first-order valence-electron chi connectivity index (χ1n) is 11.3. The van der Waals surface area contributed by atoms with Crippen molar-refractivity contribution < 1.29 is 13.9 Å². The topological polar surface area (TPSA) is 65.2 Å². The molecule has 2 aromatic heterocycles. The number of fused-ring (bicyclic) bond motifs is 1. The van der Waals surface area contributed by atoms with Gasteiger partial charge in [-0.1, -0.05) is 0 Å². The van der Waals surface area contributed by atoms with Gasteiger partial charge in [0.05, 0.1) is 0 Å². The second-order valence-electron chi connectivity index (χ2n) is 8.67. The average Bonchev–Trinajstić information content (AvgIpc) is 3.46. The molecule has 0 spiro atoms. The minimum absolute atomic E-state index is 0.0758. The summed E-state index contributed by atoms with van der Waals surface area (Å²) >= 11 is 0. The molecule has 0 bridgehead atoms. The van der Waals surface area contributed by atoms with Crippen molar-refractivity contribution in [1.82, 2.24) is 24.2 Å². The molecule has 0 atom stereocenters. The third-order valence-electron chi connectivity index (χ3n) is 6.37. The number of aryl methyl sites for hydroxylation is 2. The lowest BCUT2D eigenvalue weighted by Gasteiger charge is -2.28. The van der Waals surface area contributed by atoms with E-state index in [1.165, 1.54) is 42.8 Å². The summed E-state index contributed by atoms with van der Waals surface area (Å²) in [4.78, 5) is 19.4. The Bertz CT molecular complexity index is 1130. The lowest BCUT2D eigenvalue weighted by molar-refractivity contribution is -0.134. The van der Waals surface area contributed by atoms with Crippen LogP contribution in [0.3, 0.4) is 0 Å². The molecule has 3 aromatic rings. The van der Waals surface area contributed by atoms with Crippen molar-refractivity contribution in [2.24, 2.45) is 5.92 Å². The number of nitrogens with zero attached hydrogens (tertiary/aromatic N) is 5. The zero-order chi connectivity index (χ0) is 22.2. The van der Waals surface area contributed by atoms with Crippen LogP contribution in [0.25, 0.3) is 11.5 Å². The molecule has 2 aliphatic rings. The summed E-state index contributed by atoms with van der Waals surface area (Å²) in [6.07, 6.45) is 5.21. The number of carbonyl (C=O) groups is 1. The van der Waals surface area contributed by atoms with E-state index < -0.39 is 0 Å². The Balaban J connectivity index is 1.37. The van der Waals surface area contributed by atoms with Crippen molar-refractivity contribution in [3.05, 3.63) is 53.2 Å². The number of imidazole rings is 1. The molecule has 8 heteroatoms. The highest BCUT2D eigenvalue weighted by Crippen LogP contribution is 2.35. The average molecular weight is 438 g/mol. The van der Waals surface area contributed by atoms with Gasteiger partial charge >= 0.3 is 0 Å². The molecule has 1 fully saturated rings. The van der Waals surface area contributed by atoms with Crippen LogP contribution in [-0.4, -0.2) is 43.3 Å². The number of aromatic nitrogens is 4. The van der Waals surface area contributed by atoms with Crippen molar-refractivity contribution in [3.63, 3.8) is 0 Å². The molecule has 0 unspecified atom stereocenters. The monoisotopic (exact) mass is 437 g/mol. The second kappa shape index (κ2) is 8.41. The van der Waals surface area contributed by atoms with Gasteiger partial charge in [-0.25, -0.2) is 9.37 Å². The normalized spacial score (nSPS) is 15.7. The molecule has 7 nitrogen and oxygen atoms in total. The van der Waals surface area contributed by atoms with E-state index in [4.69, 9.17) is 14.8 Å². The molecule has 0 saturated heterocycles. The van der Waals surface area contributed by atoms with Crippen LogP contribution in [0.15, 0.2) is 30.5 Å². The number of carbonyl (C=O) groups excluding carboxylic acids is 1. The van der Waals surface area contributed by atoms with Crippen molar-refractivity contribution in [3.8, 4) is 17.3 Å². The molecule has 32 heavy (non-hydrogen) atoms. The van der Waals surface area contributed by atoms with E-state index in [9.17, 15) is 9.18 Å². The number of rotatable bonds is 7. The Kier molecular flexibility index (Phi) is 5.45. The maximum atomic E-state index is 13.1. The minimum Gasteiger partial charge on any atom is -0.484 e. The van der Waals surface area contributed by atoms with Crippen LogP contribution in [0.1, 0.15) is 36.7 Å².